The van der Waals surface area contributed by atoms with E-state index in [2.05, 4.69) is 25.1 Å². The quantitative estimate of drug-likeness (QED) is 0.708. The van der Waals surface area contributed by atoms with Gasteiger partial charge in [0.1, 0.15) is 17.9 Å². The van der Waals surface area contributed by atoms with Crippen molar-refractivity contribution in [3.63, 3.8) is 0 Å². The third-order valence-corrected chi connectivity index (χ3v) is 3.14. The second-order valence-corrected chi connectivity index (χ2v) is 4.88. The molecule has 3 rings (SSSR count). The molecule has 0 spiro atoms. The number of aromatic nitrogens is 4. The van der Waals surface area contributed by atoms with Crippen LogP contribution in [0.25, 0.3) is 5.78 Å². The van der Waals surface area contributed by atoms with Crippen LogP contribution in [0.5, 0.6) is 5.75 Å². The van der Waals surface area contributed by atoms with Gasteiger partial charge in [0.15, 0.2) is 5.69 Å². The number of anilines is 1. The fourth-order valence-corrected chi connectivity index (χ4v) is 2.11. The third kappa shape index (κ3) is 3.92. The van der Waals surface area contributed by atoms with Gasteiger partial charge < -0.3 is 10.1 Å². The molecule has 0 radical (unpaired) electrons. The normalized spacial score (nSPS) is 11.9. The van der Waals surface area contributed by atoms with Gasteiger partial charge in [-0.15, -0.1) is 0 Å². The number of nitrogens with one attached hydrogen (secondary N) is 1. The van der Waals surface area contributed by atoms with Gasteiger partial charge in [-0.05, 0) is 17.7 Å². The van der Waals surface area contributed by atoms with Crippen LogP contribution in [0.1, 0.15) is 11.3 Å². The zero-order valence-electron chi connectivity index (χ0n) is 12.3. The molecule has 0 atom stereocenters. The molecule has 0 aliphatic carbocycles. The summed E-state index contributed by atoms with van der Waals surface area (Å²) in [5.41, 5.74) is -0.595. The minimum Gasteiger partial charge on any atom is -0.435 e. The second kappa shape index (κ2) is 6.49. The molecule has 1 N–H and O–H groups in total. The van der Waals surface area contributed by atoms with Crippen molar-refractivity contribution in [1.29, 1.82) is 0 Å². The fourth-order valence-electron chi connectivity index (χ4n) is 2.11. The van der Waals surface area contributed by atoms with Gasteiger partial charge >= 0.3 is 12.8 Å². The van der Waals surface area contributed by atoms with Gasteiger partial charge in [-0.25, -0.2) is 4.98 Å². The largest absolute Gasteiger partial charge is 0.435 e. The summed E-state index contributed by atoms with van der Waals surface area (Å²) in [6, 6.07) is 6.59. The van der Waals surface area contributed by atoms with Crippen LogP contribution in [0, 0.1) is 0 Å². The van der Waals surface area contributed by atoms with Crippen molar-refractivity contribution in [2.45, 2.75) is 19.3 Å². The molecule has 132 valence electrons. The highest BCUT2D eigenvalue weighted by molar-refractivity contribution is 5.46. The van der Waals surface area contributed by atoms with Crippen LogP contribution in [-0.2, 0) is 12.7 Å². The molecule has 0 bridgehead atoms. The van der Waals surface area contributed by atoms with Gasteiger partial charge in [0.2, 0.25) is 0 Å². The maximum atomic E-state index is 12.9. The van der Waals surface area contributed by atoms with Crippen LogP contribution in [0.15, 0.2) is 36.7 Å². The lowest BCUT2D eigenvalue weighted by Gasteiger charge is -2.12. The first-order chi connectivity index (χ1) is 11.8. The third-order valence-electron chi connectivity index (χ3n) is 3.14. The number of ether oxygens (including phenoxy) is 1. The number of hydrogen-bond acceptors (Lipinski definition) is 5. The molecular weight excluding hydrogens is 349 g/mol. The standard InChI is InChI=1S/C14H10F5N5O/c15-12(16)25-9-3-1-2-8(4-9)6-20-11-5-10(14(17,18)19)23-13-21-7-22-24(11)13/h1-5,7,12,20H,6H2. The number of nitrogens with zero attached hydrogens (tertiary/aromatic N) is 4. The Morgan fingerprint density at radius 2 is 2.00 bits per heavy atom. The summed E-state index contributed by atoms with van der Waals surface area (Å²) < 4.78 is 68.6. The zero-order chi connectivity index (χ0) is 18.0. The average Bonchev–Trinajstić information content (AvgIpc) is 3.00. The van der Waals surface area contributed by atoms with Crippen LogP contribution in [0.2, 0.25) is 0 Å². The maximum absolute atomic E-state index is 12.9. The summed E-state index contributed by atoms with van der Waals surface area (Å²) in [7, 11) is 0. The van der Waals surface area contributed by atoms with Gasteiger partial charge in [0.25, 0.3) is 5.78 Å². The summed E-state index contributed by atoms with van der Waals surface area (Å²) in [4.78, 5) is 7.04. The molecule has 11 heteroatoms. The molecule has 0 aliphatic rings. The highest BCUT2D eigenvalue weighted by Crippen LogP contribution is 2.29. The van der Waals surface area contributed by atoms with E-state index in [4.69, 9.17) is 0 Å². The van der Waals surface area contributed by atoms with E-state index in [0.717, 1.165) is 16.9 Å². The maximum Gasteiger partial charge on any atom is 0.433 e. The number of benzene rings is 1. The average molecular weight is 359 g/mol. The van der Waals surface area contributed by atoms with Gasteiger partial charge in [-0.3, -0.25) is 0 Å². The number of hydrogen-bond donors (Lipinski definition) is 1. The Labute approximate surface area is 137 Å². The van der Waals surface area contributed by atoms with Crippen LogP contribution in [0.3, 0.4) is 0 Å². The molecule has 0 unspecified atom stereocenters. The Hall–Kier alpha value is -2.98. The molecule has 0 fully saturated rings. The van der Waals surface area contributed by atoms with E-state index in [1.165, 1.54) is 18.2 Å². The van der Waals surface area contributed by atoms with Crippen LogP contribution >= 0.6 is 0 Å². The van der Waals surface area contributed by atoms with Crippen LogP contribution in [0.4, 0.5) is 27.8 Å². The lowest BCUT2D eigenvalue weighted by molar-refractivity contribution is -0.141. The summed E-state index contributed by atoms with van der Waals surface area (Å²) in [5.74, 6) is -0.256. The Morgan fingerprint density at radius 1 is 1.20 bits per heavy atom. The van der Waals surface area contributed by atoms with E-state index in [1.54, 1.807) is 6.07 Å². The molecule has 2 heterocycles. The van der Waals surface area contributed by atoms with Crippen molar-refractivity contribution in [2.24, 2.45) is 0 Å². The highest BCUT2D eigenvalue weighted by Gasteiger charge is 2.34. The lowest BCUT2D eigenvalue weighted by atomic mass is 10.2. The van der Waals surface area contributed by atoms with E-state index in [0.29, 0.717) is 5.56 Å². The molecule has 25 heavy (non-hydrogen) atoms. The van der Waals surface area contributed by atoms with Crippen molar-refractivity contribution in [2.75, 3.05) is 5.32 Å². The molecular formula is C14H10F5N5O. The lowest BCUT2D eigenvalue weighted by Crippen LogP contribution is -2.13. The van der Waals surface area contributed by atoms with Crippen LogP contribution < -0.4 is 10.1 Å². The minimum absolute atomic E-state index is 0.00926. The van der Waals surface area contributed by atoms with Gasteiger partial charge in [-0.2, -0.15) is 36.6 Å². The first kappa shape index (κ1) is 16.9. The second-order valence-electron chi connectivity index (χ2n) is 4.88. The first-order valence-electron chi connectivity index (χ1n) is 6.88. The molecule has 0 saturated carbocycles. The van der Waals surface area contributed by atoms with E-state index < -0.39 is 18.5 Å². The summed E-state index contributed by atoms with van der Waals surface area (Å²) >= 11 is 0. The molecule has 0 amide bonds. The summed E-state index contributed by atoms with van der Waals surface area (Å²) in [6.45, 7) is -2.91. The summed E-state index contributed by atoms with van der Waals surface area (Å²) in [6.07, 6.45) is -3.57. The first-order valence-corrected chi connectivity index (χ1v) is 6.88. The van der Waals surface area contributed by atoms with Gasteiger partial charge in [-0.1, -0.05) is 12.1 Å². The molecule has 1 aromatic carbocycles. The smallest absolute Gasteiger partial charge is 0.433 e. The Balaban J connectivity index is 1.85. The number of halogens is 5. The SMILES string of the molecule is FC(F)Oc1cccc(CNc2cc(C(F)(F)F)nc3ncnn23)c1. The summed E-state index contributed by atoms with van der Waals surface area (Å²) in [5, 5.41) is 6.56. The van der Waals surface area contributed by atoms with E-state index in [1.807, 2.05) is 0 Å². The van der Waals surface area contributed by atoms with Crippen molar-refractivity contribution in [3.8, 4) is 5.75 Å². The van der Waals surface area contributed by atoms with Crippen molar-refractivity contribution >= 4 is 11.6 Å². The molecule has 2 aromatic heterocycles. The monoisotopic (exact) mass is 359 g/mol. The minimum atomic E-state index is -4.64. The Morgan fingerprint density at radius 3 is 2.72 bits per heavy atom. The van der Waals surface area contributed by atoms with E-state index in [-0.39, 0.29) is 23.9 Å². The van der Waals surface area contributed by atoms with E-state index in [9.17, 15) is 22.0 Å². The Bertz CT molecular complexity index is 879. The van der Waals surface area contributed by atoms with E-state index >= 15 is 0 Å². The van der Waals surface area contributed by atoms with Crippen molar-refractivity contribution in [1.82, 2.24) is 19.6 Å². The van der Waals surface area contributed by atoms with Crippen molar-refractivity contribution < 1.29 is 26.7 Å². The molecule has 0 aliphatic heterocycles. The zero-order valence-corrected chi connectivity index (χ0v) is 12.3. The van der Waals surface area contributed by atoms with Crippen LogP contribution in [-0.4, -0.2) is 26.2 Å². The topological polar surface area (TPSA) is 64.3 Å². The molecule has 6 nitrogen and oxygen atoms in total. The number of fused-ring (bicyclic) bond motifs is 1. The highest BCUT2D eigenvalue weighted by atomic mass is 19.4. The predicted molar refractivity (Wildman–Crippen MR) is 76.2 cm³/mol. The number of rotatable bonds is 5. The van der Waals surface area contributed by atoms with Crippen molar-refractivity contribution in [3.05, 3.63) is 47.9 Å². The molecule has 0 saturated heterocycles. The van der Waals surface area contributed by atoms with Gasteiger partial charge in [0.05, 0.1) is 0 Å². The molecule has 3 aromatic rings. The fraction of sp³-hybridized carbons (Fsp3) is 0.214. The Kier molecular flexibility index (Phi) is 4.38. The predicted octanol–water partition coefficient (Wildman–Crippen LogP) is 3.36. The van der Waals surface area contributed by atoms with Gasteiger partial charge in [0, 0.05) is 12.6 Å². The number of alkyl halides is 5.